The van der Waals surface area contributed by atoms with Gasteiger partial charge in [0.15, 0.2) is 6.61 Å². The van der Waals surface area contributed by atoms with Crippen molar-refractivity contribution in [2.75, 3.05) is 11.9 Å². The molecule has 0 bridgehead atoms. The number of ether oxygens (including phenoxy) is 1. The Morgan fingerprint density at radius 3 is 2.37 bits per heavy atom. The van der Waals surface area contributed by atoms with Crippen LogP contribution in [-0.2, 0) is 19.1 Å². The van der Waals surface area contributed by atoms with Gasteiger partial charge in [-0.25, -0.2) is 9.18 Å². The predicted molar refractivity (Wildman–Crippen MR) is 107 cm³/mol. The summed E-state index contributed by atoms with van der Waals surface area (Å²) < 4.78 is 18.0. The standard InChI is InChI=1S/C21H22FN3O5/c1-13-4-2-3-5-16(13)24-19(27)12-30-21(29)17(10-11-18(23)26)25-20(28)14-6-8-15(22)9-7-14/h2-9,17H,10-12H2,1H3,(H2,23,26)(H,24,27)(H,25,28)/t17-/m1/s1. The van der Waals surface area contributed by atoms with Crippen molar-refractivity contribution in [3.8, 4) is 0 Å². The Bertz CT molecular complexity index is 930. The van der Waals surface area contributed by atoms with Crippen LogP contribution in [0.4, 0.5) is 10.1 Å². The third-order valence-electron chi connectivity index (χ3n) is 4.14. The van der Waals surface area contributed by atoms with Crippen LogP contribution in [0.15, 0.2) is 48.5 Å². The SMILES string of the molecule is Cc1ccccc1NC(=O)COC(=O)[C@@H](CCC(N)=O)NC(=O)c1ccc(F)cc1. The molecule has 0 aliphatic rings. The number of amides is 3. The second-order valence-electron chi connectivity index (χ2n) is 6.51. The summed E-state index contributed by atoms with van der Waals surface area (Å²) in [5, 5.41) is 5.03. The van der Waals surface area contributed by atoms with Crippen molar-refractivity contribution in [1.29, 1.82) is 0 Å². The number of benzene rings is 2. The lowest BCUT2D eigenvalue weighted by atomic mass is 10.1. The summed E-state index contributed by atoms with van der Waals surface area (Å²) in [6.45, 7) is 1.24. The third kappa shape index (κ3) is 7.01. The molecule has 9 heteroatoms. The molecule has 1 atom stereocenters. The van der Waals surface area contributed by atoms with Gasteiger partial charge >= 0.3 is 5.97 Å². The zero-order valence-corrected chi connectivity index (χ0v) is 16.3. The number of hydrogen-bond acceptors (Lipinski definition) is 5. The Kier molecular flexibility index (Phi) is 8.04. The normalized spacial score (nSPS) is 11.3. The molecule has 8 nitrogen and oxygen atoms in total. The second kappa shape index (κ2) is 10.7. The topological polar surface area (TPSA) is 128 Å². The minimum atomic E-state index is -1.21. The summed E-state index contributed by atoms with van der Waals surface area (Å²) in [7, 11) is 0. The van der Waals surface area contributed by atoms with E-state index in [0.717, 1.165) is 17.7 Å². The summed E-state index contributed by atoms with van der Waals surface area (Å²) >= 11 is 0. The van der Waals surface area contributed by atoms with Gasteiger partial charge < -0.3 is 21.1 Å². The van der Waals surface area contributed by atoms with Crippen molar-refractivity contribution in [3.05, 3.63) is 65.5 Å². The largest absolute Gasteiger partial charge is 0.454 e. The maximum atomic E-state index is 13.0. The molecule has 0 saturated heterocycles. The van der Waals surface area contributed by atoms with E-state index in [4.69, 9.17) is 10.5 Å². The van der Waals surface area contributed by atoms with Crippen LogP contribution < -0.4 is 16.4 Å². The monoisotopic (exact) mass is 415 g/mol. The number of anilines is 1. The summed E-state index contributed by atoms with van der Waals surface area (Å²) in [5.41, 5.74) is 6.64. The highest BCUT2D eigenvalue weighted by molar-refractivity contribution is 5.97. The van der Waals surface area contributed by atoms with E-state index in [0.29, 0.717) is 5.69 Å². The first-order valence-electron chi connectivity index (χ1n) is 9.13. The zero-order valence-electron chi connectivity index (χ0n) is 16.3. The Morgan fingerprint density at radius 1 is 1.07 bits per heavy atom. The van der Waals surface area contributed by atoms with Gasteiger partial charge in [0.1, 0.15) is 11.9 Å². The van der Waals surface area contributed by atoms with Gasteiger partial charge in [0.25, 0.3) is 11.8 Å². The van der Waals surface area contributed by atoms with Gasteiger partial charge in [-0.2, -0.15) is 0 Å². The molecule has 30 heavy (non-hydrogen) atoms. The van der Waals surface area contributed by atoms with E-state index in [1.54, 1.807) is 12.1 Å². The predicted octanol–water partition coefficient (Wildman–Crippen LogP) is 1.68. The second-order valence-corrected chi connectivity index (χ2v) is 6.51. The van der Waals surface area contributed by atoms with Crippen molar-refractivity contribution in [2.45, 2.75) is 25.8 Å². The molecule has 0 aromatic heterocycles. The number of carbonyl (C=O) groups excluding carboxylic acids is 4. The van der Waals surface area contributed by atoms with E-state index in [2.05, 4.69) is 10.6 Å². The smallest absolute Gasteiger partial charge is 0.329 e. The maximum absolute atomic E-state index is 13.0. The van der Waals surface area contributed by atoms with Crippen LogP contribution in [0.3, 0.4) is 0 Å². The number of carbonyl (C=O) groups is 4. The Hall–Kier alpha value is -3.75. The molecule has 4 N–H and O–H groups in total. The van der Waals surface area contributed by atoms with Gasteiger partial charge in [-0.05, 0) is 49.2 Å². The summed E-state index contributed by atoms with van der Waals surface area (Å²) in [5.74, 6) is -3.30. The lowest BCUT2D eigenvalue weighted by molar-refractivity contribution is -0.149. The van der Waals surface area contributed by atoms with Crippen LogP contribution in [0.2, 0.25) is 0 Å². The zero-order chi connectivity index (χ0) is 22.1. The van der Waals surface area contributed by atoms with Crippen molar-refractivity contribution in [3.63, 3.8) is 0 Å². The Morgan fingerprint density at radius 2 is 1.73 bits per heavy atom. The van der Waals surface area contributed by atoms with Gasteiger partial charge in [-0.3, -0.25) is 14.4 Å². The fraction of sp³-hybridized carbons (Fsp3) is 0.238. The van der Waals surface area contributed by atoms with Crippen molar-refractivity contribution >= 4 is 29.4 Å². The quantitative estimate of drug-likeness (QED) is 0.537. The molecule has 0 radical (unpaired) electrons. The lowest BCUT2D eigenvalue weighted by Crippen LogP contribution is -2.43. The molecule has 2 aromatic carbocycles. The molecule has 0 unspecified atom stereocenters. The van der Waals surface area contributed by atoms with E-state index >= 15 is 0 Å². The number of esters is 1. The van der Waals surface area contributed by atoms with E-state index in [1.165, 1.54) is 12.1 Å². The molecule has 2 rings (SSSR count). The van der Waals surface area contributed by atoms with Gasteiger partial charge in [0, 0.05) is 17.7 Å². The van der Waals surface area contributed by atoms with Crippen LogP contribution in [0.5, 0.6) is 0 Å². The van der Waals surface area contributed by atoms with Crippen LogP contribution in [0.25, 0.3) is 0 Å². The number of nitrogens with one attached hydrogen (secondary N) is 2. The van der Waals surface area contributed by atoms with Gasteiger partial charge in [0.05, 0.1) is 0 Å². The number of rotatable bonds is 9. The first-order valence-corrected chi connectivity index (χ1v) is 9.13. The number of halogens is 1. The van der Waals surface area contributed by atoms with Crippen molar-refractivity contribution < 1.29 is 28.3 Å². The summed E-state index contributed by atoms with van der Waals surface area (Å²) in [6, 6.07) is 10.6. The van der Waals surface area contributed by atoms with E-state index in [1.807, 2.05) is 19.1 Å². The summed E-state index contributed by atoms with van der Waals surface area (Å²) in [6.07, 6.45) is -0.292. The molecule has 0 fully saturated rings. The average molecular weight is 415 g/mol. The molecule has 2 aromatic rings. The molecule has 0 aliphatic heterocycles. The molecule has 3 amide bonds. The lowest BCUT2D eigenvalue weighted by Gasteiger charge is -2.17. The van der Waals surface area contributed by atoms with Crippen LogP contribution in [0.1, 0.15) is 28.8 Å². The van der Waals surface area contributed by atoms with Gasteiger partial charge in [-0.1, -0.05) is 18.2 Å². The van der Waals surface area contributed by atoms with Crippen molar-refractivity contribution in [1.82, 2.24) is 5.32 Å². The molecular formula is C21H22FN3O5. The van der Waals surface area contributed by atoms with Gasteiger partial charge in [0.2, 0.25) is 5.91 Å². The van der Waals surface area contributed by atoms with E-state index < -0.39 is 42.2 Å². The Balaban J connectivity index is 1.97. The molecule has 158 valence electrons. The fourth-order valence-corrected chi connectivity index (χ4v) is 2.52. The number of nitrogens with two attached hydrogens (primary N) is 1. The van der Waals surface area contributed by atoms with Crippen LogP contribution in [0, 0.1) is 12.7 Å². The highest BCUT2D eigenvalue weighted by Gasteiger charge is 2.24. The fourth-order valence-electron chi connectivity index (χ4n) is 2.52. The minimum Gasteiger partial charge on any atom is -0.454 e. The number of hydrogen-bond donors (Lipinski definition) is 3. The number of para-hydroxylation sites is 1. The number of aryl methyl sites for hydroxylation is 1. The average Bonchev–Trinajstić information content (AvgIpc) is 2.71. The number of primary amides is 1. The molecule has 0 saturated carbocycles. The minimum absolute atomic E-state index is 0.111. The maximum Gasteiger partial charge on any atom is 0.329 e. The highest BCUT2D eigenvalue weighted by Crippen LogP contribution is 2.13. The Labute approximate surface area is 172 Å². The van der Waals surface area contributed by atoms with Crippen LogP contribution in [-0.4, -0.2) is 36.3 Å². The summed E-state index contributed by atoms with van der Waals surface area (Å²) in [4.78, 5) is 47.8. The first-order chi connectivity index (χ1) is 14.3. The van der Waals surface area contributed by atoms with E-state index in [-0.39, 0.29) is 18.4 Å². The molecule has 0 spiro atoms. The van der Waals surface area contributed by atoms with Crippen molar-refractivity contribution in [2.24, 2.45) is 5.73 Å². The van der Waals surface area contributed by atoms with Crippen LogP contribution >= 0.6 is 0 Å². The molecule has 0 heterocycles. The highest BCUT2D eigenvalue weighted by atomic mass is 19.1. The first kappa shape index (κ1) is 22.5. The van der Waals surface area contributed by atoms with Gasteiger partial charge in [-0.15, -0.1) is 0 Å². The molecule has 0 aliphatic carbocycles. The van der Waals surface area contributed by atoms with E-state index in [9.17, 15) is 23.6 Å². The third-order valence-corrected chi connectivity index (χ3v) is 4.14. The molecular weight excluding hydrogens is 393 g/mol.